The zero-order valence-electron chi connectivity index (χ0n) is 24.8. The molecule has 0 aliphatic heterocycles. The molecule has 1 nitrogen and oxygen atoms in total. The highest BCUT2D eigenvalue weighted by molar-refractivity contribution is 6.10. The zero-order chi connectivity index (χ0) is 29.8. The molecule has 0 fully saturated rings. The quantitative estimate of drug-likeness (QED) is 0.196. The lowest BCUT2D eigenvalue weighted by atomic mass is 9.70. The number of carbonyl (C=O) groups excluding carboxylic acids is 1. The lowest BCUT2D eigenvalue weighted by Crippen LogP contribution is -2.26. The molecule has 0 radical (unpaired) electrons. The Balaban J connectivity index is 1.26. The van der Waals surface area contributed by atoms with Crippen LogP contribution in [0, 0.1) is 0 Å². The molecule has 1 heteroatoms. The second-order valence-electron chi connectivity index (χ2n) is 12.9. The Hall–Kier alpha value is -5.27. The minimum Gasteiger partial charge on any atom is -0.289 e. The maximum Gasteiger partial charge on any atom is 0.193 e. The van der Waals surface area contributed by atoms with Gasteiger partial charge in [-0.15, -0.1) is 0 Å². The summed E-state index contributed by atoms with van der Waals surface area (Å²) in [5, 5.41) is 0. The number of carbonyl (C=O) groups is 1. The third-order valence-corrected chi connectivity index (χ3v) is 10.5. The van der Waals surface area contributed by atoms with E-state index in [0.29, 0.717) is 0 Å². The summed E-state index contributed by atoms with van der Waals surface area (Å²) in [6.07, 6.45) is 1.92. The summed E-state index contributed by atoms with van der Waals surface area (Å²) < 4.78 is 0. The maximum atomic E-state index is 14.4. The van der Waals surface area contributed by atoms with Gasteiger partial charge in [0.1, 0.15) is 0 Å². The van der Waals surface area contributed by atoms with Crippen LogP contribution in [0.4, 0.5) is 0 Å². The van der Waals surface area contributed by atoms with E-state index in [0.717, 1.165) is 16.7 Å². The average Bonchev–Trinajstić information content (AvgIpc) is 3.62. The van der Waals surface area contributed by atoms with Gasteiger partial charge in [0.25, 0.3) is 0 Å². The largest absolute Gasteiger partial charge is 0.289 e. The SMILES string of the molecule is C=Cc1ccc2c(c1)C1(c3ccccc3-c3ccccc31)c1cc(C(=O)c3ccc4c(c3)C(C)(C)c3ccccc3-4)ccc1-2. The van der Waals surface area contributed by atoms with E-state index in [1.807, 2.05) is 18.2 Å². The zero-order valence-corrected chi connectivity index (χ0v) is 24.8. The van der Waals surface area contributed by atoms with Gasteiger partial charge in [0.2, 0.25) is 0 Å². The Morgan fingerprint density at radius 2 is 0.932 bits per heavy atom. The van der Waals surface area contributed by atoms with Gasteiger partial charge in [-0.05, 0) is 90.5 Å². The normalized spacial score (nSPS) is 15.1. The highest BCUT2D eigenvalue weighted by Crippen LogP contribution is 2.63. The minimum absolute atomic E-state index is 0.0554. The third kappa shape index (κ3) is 3.01. The summed E-state index contributed by atoms with van der Waals surface area (Å²) >= 11 is 0. The van der Waals surface area contributed by atoms with E-state index < -0.39 is 5.41 Å². The monoisotopic (exact) mass is 562 g/mol. The van der Waals surface area contributed by atoms with Crippen LogP contribution in [-0.4, -0.2) is 5.78 Å². The molecular weight excluding hydrogens is 532 g/mol. The molecule has 0 heterocycles. The van der Waals surface area contributed by atoms with E-state index in [-0.39, 0.29) is 11.2 Å². The molecule has 0 saturated carbocycles. The van der Waals surface area contributed by atoms with Gasteiger partial charge in [0, 0.05) is 16.5 Å². The summed E-state index contributed by atoms with van der Waals surface area (Å²) in [4.78, 5) is 14.4. The van der Waals surface area contributed by atoms with Crippen LogP contribution in [0.25, 0.3) is 39.5 Å². The number of hydrogen-bond acceptors (Lipinski definition) is 1. The first kappa shape index (κ1) is 25.2. The van der Waals surface area contributed by atoms with Crippen molar-refractivity contribution in [2.24, 2.45) is 0 Å². The summed E-state index contributed by atoms with van der Waals surface area (Å²) in [5.74, 6) is 0.0554. The maximum absolute atomic E-state index is 14.4. The lowest BCUT2D eigenvalue weighted by Gasteiger charge is -2.31. The first-order chi connectivity index (χ1) is 21.4. The van der Waals surface area contributed by atoms with Gasteiger partial charge in [0.05, 0.1) is 5.41 Å². The fourth-order valence-corrected chi connectivity index (χ4v) is 8.44. The second kappa shape index (κ2) is 8.65. The van der Waals surface area contributed by atoms with Gasteiger partial charge in [-0.25, -0.2) is 0 Å². The van der Waals surface area contributed by atoms with Crippen LogP contribution in [-0.2, 0) is 10.8 Å². The van der Waals surface area contributed by atoms with Crippen LogP contribution in [0.1, 0.15) is 68.7 Å². The molecule has 3 aliphatic rings. The lowest BCUT2D eigenvalue weighted by molar-refractivity contribution is 0.103. The fourth-order valence-electron chi connectivity index (χ4n) is 8.44. The summed E-state index contributed by atoms with van der Waals surface area (Å²) in [5.41, 5.74) is 16.8. The van der Waals surface area contributed by atoms with Gasteiger partial charge in [-0.3, -0.25) is 4.79 Å². The molecule has 0 atom stereocenters. The molecule has 3 aliphatic carbocycles. The van der Waals surface area contributed by atoms with Crippen molar-refractivity contribution in [2.75, 3.05) is 0 Å². The number of fused-ring (bicyclic) bond motifs is 13. The first-order valence-corrected chi connectivity index (χ1v) is 15.3. The van der Waals surface area contributed by atoms with Gasteiger partial charge in [0.15, 0.2) is 5.78 Å². The van der Waals surface area contributed by atoms with Crippen molar-refractivity contribution in [1.29, 1.82) is 0 Å². The highest BCUT2D eigenvalue weighted by atomic mass is 16.1. The summed E-state index contributed by atoms with van der Waals surface area (Å²) in [6, 6.07) is 45.4. The fraction of sp³-hybridized carbons (Fsp3) is 0.0930. The van der Waals surface area contributed by atoms with E-state index in [4.69, 9.17) is 0 Å². The molecule has 44 heavy (non-hydrogen) atoms. The third-order valence-electron chi connectivity index (χ3n) is 10.5. The number of benzene rings is 6. The molecule has 0 N–H and O–H groups in total. The molecule has 0 unspecified atom stereocenters. The van der Waals surface area contributed by atoms with Crippen LogP contribution in [0.2, 0.25) is 0 Å². The second-order valence-corrected chi connectivity index (χ2v) is 12.9. The Morgan fingerprint density at radius 1 is 0.500 bits per heavy atom. The number of hydrogen-bond donors (Lipinski definition) is 0. The van der Waals surface area contributed by atoms with Gasteiger partial charge in [-0.2, -0.15) is 0 Å². The van der Waals surface area contributed by atoms with Crippen molar-refractivity contribution in [3.05, 3.63) is 184 Å². The molecule has 0 saturated heterocycles. The Bertz CT molecular complexity index is 2200. The van der Waals surface area contributed by atoms with E-state index in [1.54, 1.807) is 0 Å². The molecule has 0 bridgehead atoms. The molecule has 0 amide bonds. The highest BCUT2D eigenvalue weighted by Gasteiger charge is 2.51. The Labute approximate surface area is 258 Å². The van der Waals surface area contributed by atoms with Crippen molar-refractivity contribution in [3.63, 3.8) is 0 Å². The topological polar surface area (TPSA) is 17.1 Å². The summed E-state index contributed by atoms with van der Waals surface area (Å²) in [7, 11) is 0. The smallest absolute Gasteiger partial charge is 0.193 e. The van der Waals surface area contributed by atoms with Crippen LogP contribution in [0.15, 0.2) is 134 Å². The van der Waals surface area contributed by atoms with Crippen LogP contribution in [0.3, 0.4) is 0 Å². The van der Waals surface area contributed by atoms with Gasteiger partial charge in [-0.1, -0.05) is 136 Å². The van der Waals surface area contributed by atoms with E-state index in [9.17, 15) is 4.79 Å². The molecule has 208 valence electrons. The van der Waals surface area contributed by atoms with Crippen LogP contribution < -0.4 is 0 Å². The van der Waals surface area contributed by atoms with E-state index in [2.05, 4.69) is 136 Å². The molecular formula is C43H30O. The first-order valence-electron chi connectivity index (χ1n) is 15.3. The number of ketones is 1. The van der Waals surface area contributed by atoms with Crippen molar-refractivity contribution >= 4 is 11.9 Å². The molecule has 6 aromatic carbocycles. The van der Waals surface area contributed by atoms with Gasteiger partial charge >= 0.3 is 0 Å². The Kier molecular flexibility index (Phi) is 4.96. The average molecular weight is 563 g/mol. The molecule has 6 aromatic rings. The van der Waals surface area contributed by atoms with Crippen molar-refractivity contribution in [2.45, 2.75) is 24.7 Å². The standard InChI is InChI=1S/C43H30O/c1-4-26-17-20-33-34-22-19-28(41(44)27-18-21-32-29-11-5-8-14-35(29)42(2,3)38(32)24-27)25-40(34)43(39(33)23-26)36-15-9-6-12-30(36)31-13-7-10-16-37(31)43/h4-25H,1H2,2-3H3. The Morgan fingerprint density at radius 3 is 1.52 bits per heavy atom. The molecule has 0 aromatic heterocycles. The van der Waals surface area contributed by atoms with E-state index in [1.165, 1.54) is 66.8 Å². The predicted octanol–water partition coefficient (Wildman–Crippen LogP) is 10.2. The van der Waals surface area contributed by atoms with Crippen molar-refractivity contribution < 1.29 is 4.79 Å². The van der Waals surface area contributed by atoms with Gasteiger partial charge < -0.3 is 0 Å². The van der Waals surface area contributed by atoms with Crippen LogP contribution >= 0.6 is 0 Å². The minimum atomic E-state index is -0.505. The predicted molar refractivity (Wildman–Crippen MR) is 180 cm³/mol. The van der Waals surface area contributed by atoms with Crippen molar-refractivity contribution in [3.8, 4) is 33.4 Å². The summed E-state index contributed by atoms with van der Waals surface area (Å²) in [6.45, 7) is 8.60. The van der Waals surface area contributed by atoms with Crippen LogP contribution in [0.5, 0.6) is 0 Å². The number of rotatable bonds is 3. The van der Waals surface area contributed by atoms with E-state index >= 15 is 0 Å². The van der Waals surface area contributed by atoms with Crippen molar-refractivity contribution in [1.82, 2.24) is 0 Å². The molecule has 1 spiro atoms. The molecule has 9 rings (SSSR count).